The number of hydrogen-bond acceptors (Lipinski definition) is 5. The maximum Gasteiger partial charge on any atom is 0.292 e. The lowest BCUT2D eigenvalue weighted by Crippen LogP contribution is -2.43. The van der Waals surface area contributed by atoms with Gasteiger partial charge in [-0.1, -0.05) is 12.1 Å². The molecule has 1 amide bonds. The minimum Gasteiger partial charge on any atom is -0.391 e. The van der Waals surface area contributed by atoms with Crippen LogP contribution in [-0.4, -0.2) is 53.6 Å². The molecule has 1 N–H and O–H groups in total. The summed E-state index contributed by atoms with van der Waals surface area (Å²) in [6.07, 6.45) is 3.04. The summed E-state index contributed by atoms with van der Waals surface area (Å²) < 4.78 is 0. The van der Waals surface area contributed by atoms with Crippen LogP contribution >= 0.6 is 0 Å². The molecule has 0 spiro atoms. The van der Waals surface area contributed by atoms with Gasteiger partial charge in [0.05, 0.1) is 11.0 Å². The SMILES string of the molecule is CN(CC(O)C1CC1)C(=O)C1CCN(c2ccccc2[N+](=O)[O-])CC1. The molecule has 0 bridgehead atoms. The molecule has 3 rings (SSSR count). The van der Waals surface area contributed by atoms with Gasteiger partial charge >= 0.3 is 0 Å². The van der Waals surface area contributed by atoms with Crippen LogP contribution in [0.2, 0.25) is 0 Å². The van der Waals surface area contributed by atoms with Crippen molar-refractivity contribution in [2.45, 2.75) is 31.8 Å². The van der Waals surface area contributed by atoms with Crippen molar-refractivity contribution in [2.24, 2.45) is 11.8 Å². The van der Waals surface area contributed by atoms with E-state index in [0.29, 0.717) is 44.1 Å². The summed E-state index contributed by atoms with van der Waals surface area (Å²) in [4.78, 5) is 27.0. The molecule has 1 aromatic rings. The van der Waals surface area contributed by atoms with Crippen molar-refractivity contribution in [1.29, 1.82) is 0 Å². The van der Waals surface area contributed by atoms with Crippen molar-refractivity contribution in [1.82, 2.24) is 4.90 Å². The predicted molar refractivity (Wildman–Crippen MR) is 94.4 cm³/mol. The molecule has 7 nitrogen and oxygen atoms in total. The largest absolute Gasteiger partial charge is 0.391 e. The van der Waals surface area contributed by atoms with Crippen molar-refractivity contribution < 1.29 is 14.8 Å². The number of amides is 1. The Morgan fingerprint density at radius 1 is 1.32 bits per heavy atom. The fourth-order valence-corrected chi connectivity index (χ4v) is 3.57. The van der Waals surface area contributed by atoms with Crippen molar-refractivity contribution in [3.8, 4) is 0 Å². The normalized spacial score (nSPS) is 19.5. The molecule has 1 aliphatic heterocycles. The summed E-state index contributed by atoms with van der Waals surface area (Å²) in [5.41, 5.74) is 0.729. The molecule has 0 radical (unpaired) electrons. The van der Waals surface area contributed by atoms with E-state index >= 15 is 0 Å². The Morgan fingerprint density at radius 2 is 1.96 bits per heavy atom. The lowest BCUT2D eigenvalue weighted by molar-refractivity contribution is -0.384. The number of para-hydroxylation sites is 2. The van der Waals surface area contributed by atoms with E-state index in [1.165, 1.54) is 6.07 Å². The number of nitrogens with zero attached hydrogens (tertiary/aromatic N) is 3. The van der Waals surface area contributed by atoms with E-state index in [0.717, 1.165) is 12.8 Å². The van der Waals surface area contributed by atoms with E-state index in [-0.39, 0.29) is 22.4 Å². The average molecular weight is 347 g/mol. The maximum absolute atomic E-state index is 12.6. The smallest absolute Gasteiger partial charge is 0.292 e. The molecule has 2 aliphatic rings. The van der Waals surface area contributed by atoms with Gasteiger partial charge in [0.1, 0.15) is 5.69 Å². The minimum absolute atomic E-state index is 0.0712. The summed E-state index contributed by atoms with van der Waals surface area (Å²) in [5.74, 6) is 0.355. The second-order valence-corrected chi connectivity index (χ2v) is 7.13. The van der Waals surface area contributed by atoms with Crippen molar-refractivity contribution in [3.63, 3.8) is 0 Å². The lowest BCUT2D eigenvalue weighted by Gasteiger charge is -2.34. The molecule has 1 saturated carbocycles. The summed E-state index contributed by atoms with van der Waals surface area (Å²) in [7, 11) is 1.75. The highest BCUT2D eigenvalue weighted by molar-refractivity contribution is 5.79. The Balaban J connectivity index is 1.56. The van der Waals surface area contributed by atoms with Crippen LogP contribution in [0.4, 0.5) is 11.4 Å². The molecule has 1 aromatic carbocycles. The first-order valence-corrected chi connectivity index (χ1v) is 8.88. The fraction of sp³-hybridized carbons (Fsp3) is 0.611. The standard InChI is InChI=1S/C18H25N3O4/c1-19(12-17(22)13-6-7-13)18(23)14-8-10-20(11-9-14)15-4-2-3-5-16(15)21(24)25/h2-5,13-14,17,22H,6-12H2,1H3. The molecule has 1 aliphatic carbocycles. The van der Waals surface area contributed by atoms with Gasteiger partial charge in [-0.05, 0) is 37.7 Å². The maximum atomic E-state index is 12.6. The molecular weight excluding hydrogens is 322 g/mol. The zero-order valence-corrected chi connectivity index (χ0v) is 14.5. The van der Waals surface area contributed by atoms with Crippen LogP contribution in [0.3, 0.4) is 0 Å². The van der Waals surface area contributed by atoms with E-state index in [1.54, 1.807) is 30.1 Å². The highest BCUT2D eigenvalue weighted by Gasteiger charge is 2.34. The fourth-order valence-electron chi connectivity index (χ4n) is 3.57. The molecule has 2 fully saturated rings. The van der Waals surface area contributed by atoms with Gasteiger partial charge in [0.25, 0.3) is 5.69 Å². The number of aliphatic hydroxyl groups is 1. The Labute approximate surface area is 147 Å². The van der Waals surface area contributed by atoms with E-state index in [2.05, 4.69) is 0 Å². The Bertz CT molecular complexity index is 639. The molecular formula is C18H25N3O4. The van der Waals surface area contributed by atoms with E-state index in [1.807, 2.05) is 4.90 Å². The number of likely N-dealkylation sites (N-methyl/N-ethyl adjacent to an activating group) is 1. The molecule has 136 valence electrons. The lowest BCUT2D eigenvalue weighted by atomic mass is 9.94. The van der Waals surface area contributed by atoms with Crippen molar-refractivity contribution in [2.75, 3.05) is 31.6 Å². The van der Waals surface area contributed by atoms with Gasteiger partial charge in [0.15, 0.2) is 0 Å². The summed E-state index contributed by atoms with van der Waals surface area (Å²) in [6, 6.07) is 6.74. The number of carbonyl (C=O) groups excluding carboxylic acids is 1. The van der Waals surface area contributed by atoms with E-state index < -0.39 is 6.10 Å². The Kier molecular flexibility index (Phi) is 5.22. The van der Waals surface area contributed by atoms with Crippen LogP contribution in [0.15, 0.2) is 24.3 Å². The Hall–Kier alpha value is -2.15. The number of rotatable bonds is 6. The van der Waals surface area contributed by atoms with Gasteiger partial charge in [-0.25, -0.2) is 0 Å². The first-order chi connectivity index (χ1) is 12.0. The van der Waals surface area contributed by atoms with Crippen molar-refractivity contribution >= 4 is 17.3 Å². The highest BCUT2D eigenvalue weighted by Crippen LogP contribution is 2.34. The van der Waals surface area contributed by atoms with E-state index in [9.17, 15) is 20.0 Å². The van der Waals surface area contributed by atoms with Crippen LogP contribution < -0.4 is 4.90 Å². The van der Waals surface area contributed by atoms with Crippen LogP contribution in [0, 0.1) is 22.0 Å². The number of hydrogen-bond donors (Lipinski definition) is 1. The Morgan fingerprint density at radius 3 is 2.56 bits per heavy atom. The minimum atomic E-state index is -0.416. The summed E-state index contributed by atoms with van der Waals surface area (Å²) in [6.45, 7) is 1.65. The third-order valence-electron chi connectivity index (χ3n) is 5.27. The molecule has 1 heterocycles. The topological polar surface area (TPSA) is 86.9 Å². The second kappa shape index (κ2) is 7.39. The number of anilines is 1. The molecule has 1 unspecified atom stereocenters. The number of carbonyl (C=O) groups is 1. The van der Waals surface area contributed by atoms with Gasteiger partial charge in [0.2, 0.25) is 5.91 Å². The zero-order valence-electron chi connectivity index (χ0n) is 14.5. The van der Waals surface area contributed by atoms with Crippen LogP contribution in [0.1, 0.15) is 25.7 Å². The van der Waals surface area contributed by atoms with Gasteiger partial charge < -0.3 is 14.9 Å². The summed E-state index contributed by atoms with van der Waals surface area (Å²) in [5, 5.41) is 21.2. The first-order valence-electron chi connectivity index (χ1n) is 8.88. The van der Waals surface area contributed by atoms with Gasteiger partial charge in [0, 0.05) is 38.7 Å². The predicted octanol–water partition coefficient (Wildman–Crippen LogP) is 2.04. The van der Waals surface area contributed by atoms with Gasteiger partial charge in [-0.15, -0.1) is 0 Å². The molecule has 1 saturated heterocycles. The average Bonchev–Trinajstić information content (AvgIpc) is 3.46. The van der Waals surface area contributed by atoms with Crippen LogP contribution in [-0.2, 0) is 4.79 Å². The number of nitro benzene ring substituents is 1. The molecule has 1 atom stereocenters. The molecule has 7 heteroatoms. The molecule has 25 heavy (non-hydrogen) atoms. The van der Waals surface area contributed by atoms with Crippen LogP contribution in [0.5, 0.6) is 0 Å². The monoisotopic (exact) mass is 347 g/mol. The first kappa shape index (κ1) is 17.7. The quantitative estimate of drug-likeness (QED) is 0.628. The van der Waals surface area contributed by atoms with Crippen LogP contribution in [0.25, 0.3) is 0 Å². The third-order valence-corrected chi connectivity index (χ3v) is 5.27. The molecule has 0 aromatic heterocycles. The second-order valence-electron chi connectivity index (χ2n) is 7.13. The zero-order chi connectivity index (χ0) is 18.0. The van der Waals surface area contributed by atoms with E-state index in [4.69, 9.17) is 0 Å². The van der Waals surface area contributed by atoms with Gasteiger partial charge in [-0.3, -0.25) is 14.9 Å². The number of nitro groups is 1. The summed E-state index contributed by atoms with van der Waals surface area (Å²) >= 11 is 0. The number of benzene rings is 1. The highest BCUT2D eigenvalue weighted by atomic mass is 16.6. The third kappa shape index (κ3) is 4.10. The van der Waals surface area contributed by atoms with Gasteiger partial charge in [-0.2, -0.15) is 0 Å². The van der Waals surface area contributed by atoms with Crippen molar-refractivity contribution in [3.05, 3.63) is 34.4 Å². The number of piperidine rings is 1. The number of aliphatic hydroxyl groups excluding tert-OH is 1.